The van der Waals surface area contributed by atoms with Gasteiger partial charge in [-0.25, -0.2) is 0 Å². The summed E-state index contributed by atoms with van der Waals surface area (Å²) in [5, 5.41) is 0. The maximum atomic E-state index is 3.40. The molecule has 0 nitrogen and oxygen atoms in total. The molecular formula is C40H52. The van der Waals surface area contributed by atoms with Crippen molar-refractivity contribution in [1.82, 2.24) is 0 Å². The van der Waals surface area contributed by atoms with Gasteiger partial charge in [0, 0.05) is 30.1 Å². The molecule has 0 aliphatic heterocycles. The van der Waals surface area contributed by atoms with Crippen LogP contribution in [0.25, 0.3) is 0 Å². The number of hydrogen-bond acceptors (Lipinski definition) is 0. The fraction of sp³-hybridized carbons (Fsp3) is 0.500. The lowest BCUT2D eigenvalue weighted by atomic mass is 9.72. The van der Waals surface area contributed by atoms with Crippen LogP contribution in [0.3, 0.4) is 0 Å². The topological polar surface area (TPSA) is 0 Å². The van der Waals surface area contributed by atoms with Crippen LogP contribution in [0.15, 0.2) is 82.0 Å². The first-order valence-corrected chi connectivity index (χ1v) is 15.1. The molecule has 0 aromatic rings. The van der Waals surface area contributed by atoms with E-state index in [1.54, 1.807) is 0 Å². The van der Waals surface area contributed by atoms with Gasteiger partial charge in [-0.2, -0.15) is 0 Å². The van der Waals surface area contributed by atoms with Crippen molar-refractivity contribution in [1.29, 1.82) is 0 Å². The Morgan fingerprint density at radius 2 is 1.73 bits per heavy atom. The van der Waals surface area contributed by atoms with Crippen molar-refractivity contribution >= 4 is 0 Å². The quantitative estimate of drug-likeness (QED) is 0.181. The molecule has 40 heavy (non-hydrogen) atoms. The van der Waals surface area contributed by atoms with Gasteiger partial charge in [-0.3, -0.25) is 0 Å². The Balaban J connectivity index is 1.83. The van der Waals surface area contributed by atoms with Gasteiger partial charge in [-0.1, -0.05) is 118 Å². The van der Waals surface area contributed by atoms with E-state index < -0.39 is 0 Å². The van der Waals surface area contributed by atoms with E-state index in [0.717, 1.165) is 30.4 Å². The molecule has 0 saturated carbocycles. The first-order valence-electron chi connectivity index (χ1n) is 15.1. The molecular weight excluding hydrogens is 480 g/mol. The van der Waals surface area contributed by atoms with Crippen molar-refractivity contribution in [2.45, 2.75) is 108 Å². The van der Waals surface area contributed by atoms with Gasteiger partial charge in [0.2, 0.25) is 0 Å². The van der Waals surface area contributed by atoms with E-state index in [9.17, 15) is 0 Å². The van der Waals surface area contributed by atoms with Crippen LogP contribution in [0, 0.1) is 58.2 Å². The fourth-order valence-corrected chi connectivity index (χ4v) is 5.38. The minimum atomic E-state index is 0.0915. The van der Waals surface area contributed by atoms with Gasteiger partial charge in [0.1, 0.15) is 0 Å². The van der Waals surface area contributed by atoms with Gasteiger partial charge in [0.25, 0.3) is 0 Å². The molecule has 0 aromatic carbocycles. The van der Waals surface area contributed by atoms with Crippen molar-refractivity contribution in [3.63, 3.8) is 0 Å². The molecule has 2 aliphatic rings. The van der Waals surface area contributed by atoms with Crippen molar-refractivity contribution in [2.24, 2.45) is 22.7 Å². The predicted molar refractivity (Wildman–Crippen MR) is 177 cm³/mol. The summed E-state index contributed by atoms with van der Waals surface area (Å²) in [5.41, 5.74) is 8.48. The smallest absolute Gasteiger partial charge is 0.0357 e. The first-order chi connectivity index (χ1) is 18.8. The molecule has 0 radical (unpaired) electrons. The zero-order chi connectivity index (χ0) is 29.8. The standard InChI is InChI=1S/C40H52/c1-31(19-13-21-33(3)25-27-37-35(5)23-15-29-39(37,7)8)17-11-12-18-32(2)20-14-22-34(4)26-28-38-36(6)24-16-30-40(38,9)10/h15,17,21,25-29,32,34H,11,16,20,23-24,30H2,1-10H3/b27-25+,28-26+,31-17+,33-21+. The molecule has 0 N–H and O–H groups in total. The summed E-state index contributed by atoms with van der Waals surface area (Å²) in [6.45, 7) is 22.3. The maximum absolute atomic E-state index is 3.40. The molecule has 2 rings (SSSR count). The molecule has 2 aliphatic carbocycles. The normalized spacial score (nSPS) is 20.4. The first kappa shape index (κ1) is 33.1. The van der Waals surface area contributed by atoms with Crippen molar-refractivity contribution in [3.8, 4) is 35.5 Å². The van der Waals surface area contributed by atoms with Crippen LogP contribution in [0.4, 0.5) is 0 Å². The summed E-state index contributed by atoms with van der Waals surface area (Å²) >= 11 is 0. The average Bonchev–Trinajstić information content (AvgIpc) is 2.85. The molecule has 0 amide bonds. The Morgan fingerprint density at radius 3 is 2.42 bits per heavy atom. The van der Waals surface area contributed by atoms with Crippen LogP contribution in [0.1, 0.15) is 108 Å². The summed E-state index contributed by atoms with van der Waals surface area (Å²) in [7, 11) is 0. The third-order valence-corrected chi connectivity index (χ3v) is 7.89. The highest BCUT2D eigenvalue weighted by atomic mass is 14.3. The van der Waals surface area contributed by atoms with E-state index in [-0.39, 0.29) is 22.7 Å². The van der Waals surface area contributed by atoms with Crippen LogP contribution in [0.5, 0.6) is 0 Å². The van der Waals surface area contributed by atoms with Crippen molar-refractivity contribution in [3.05, 3.63) is 82.0 Å². The molecule has 0 fully saturated rings. The van der Waals surface area contributed by atoms with Gasteiger partial charge in [0.05, 0.1) is 0 Å². The minimum absolute atomic E-state index is 0.0915. The van der Waals surface area contributed by atoms with E-state index in [1.165, 1.54) is 41.6 Å². The van der Waals surface area contributed by atoms with Gasteiger partial charge in [0.15, 0.2) is 0 Å². The van der Waals surface area contributed by atoms with Gasteiger partial charge < -0.3 is 0 Å². The van der Waals surface area contributed by atoms with Gasteiger partial charge in [-0.15, -0.1) is 5.92 Å². The Kier molecular flexibility index (Phi) is 12.9. The van der Waals surface area contributed by atoms with E-state index in [0.29, 0.717) is 0 Å². The van der Waals surface area contributed by atoms with Crippen LogP contribution in [0.2, 0.25) is 0 Å². The Morgan fingerprint density at radius 1 is 0.975 bits per heavy atom. The summed E-state index contributed by atoms with van der Waals surface area (Å²) < 4.78 is 0. The van der Waals surface area contributed by atoms with Crippen LogP contribution in [-0.2, 0) is 0 Å². The van der Waals surface area contributed by atoms with E-state index in [1.807, 2.05) is 6.08 Å². The third kappa shape index (κ3) is 11.2. The summed E-state index contributed by atoms with van der Waals surface area (Å²) in [6.07, 6.45) is 24.1. The van der Waals surface area contributed by atoms with Crippen LogP contribution >= 0.6 is 0 Å². The lowest BCUT2D eigenvalue weighted by Gasteiger charge is -2.33. The van der Waals surface area contributed by atoms with Gasteiger partial charge in [-0.05, 0) is 94.1 Å². The van der Waals surface area contributed by atoms with Crippen LogP contribution < -0.4 is 0 Å². The maximum Gasteiger partial charge on any atom is 0.0357 e. The highest BCUT2D eigenvalue weighted by Gasteiger charge is 2.26. The Hall–Kier alpha value is -3.14. The Bertz CT molecular complexity index is 1300. The summed E-state index contributed by atoms with van der Waals surface area (Å²) in [6, 6.07) is 0. The van der Waals surface area contributed by atoms with E-state index >= 15 is 0 Å². The predicted octanol–water partition coefficient (Wildman–Crippen LogP) is 10.9. The lowest BCUT2D eigenvalue weighted by molar-refractivity contribution is 0.376. The zero-order valence-electron chi connectivity index (χ0n) is 27.0. The molecule has 0 saturated heterocycles. The van der Waals surface area contributed by atoms with E-state index in [2.05, 4.69) is 147 Å². The zero-order valence-corrected chi connectivity index (χ0v) is 27.0. The number of allylic oxidation sites excluding steroid dienone is 14. The largest absolute Gasteiger partial charge is 0.101 e. The molecule has 0 bridgehead atoms. The van der Waals surface area contributed by atoms with Crippen molar-refractivity contribution in [2.75, 3.05) is 0 Å². The molecule has 2 unspecified atom stereocenters. The van der Waals surface area contributed by atoms with Crippen molar-refractivity contribution < 1.29 is 0 Å². The summed E-state index contributed by atoms with van der Waals surface area (Å²) in [5.74, 6) is 20.3. The second-order valence-electron chi connectivity index (χ2n) is 12.9. The molecule has 212 valence electrons. The second kappa shape index (κ2) is 15.6. The number of rotatable bonds is 6. The summed E-state index contributed by atoms with van der Waals surface area (Å²) in [4.78, 5) is 0. The minimum Gasteiger partial charge on any atom is -0.101 e. The second-order valence-corrected chi connectivity index (χ2v) is 12.9. The highest BCUT2D eigenvalue weighted by Crippen LogP contribution is 2.41. The highest BCUT2D eigenvalue weighted by molar-refractivity contribution is 5.42. The average molecular weight is 533 g/mol. The lowest BCUT2D eigenvalue weighted by Crippen LogP contribution is -2.19. The molecule has 0 aromatic heterocycles. The number of hydrogen-bond donors (Lipinski definition) is 0. The third-order valence-electron chi connectivity index (χ3n) is 7.89. The molecule has 0 heteroatoms. The fourth-order valence-electron chi connectivity index (χ4n) is 5.38. The van der Waals surface area contributed by atoms with E-state index in [4.69, 9.17) is 0 Å². The Labute approximate surface area is 247 Å². The van der Waals surface area contributed by atoms with Gasteiger partial charge >= 0.3 is 0 Å². The molecule has 0 spiro atoms. The molecule has 0 heterocycles. The SMILES string of the molecule is CC1=C(/C=C/C(C)=C/C#C/C(C)=C/CC#CC(C)CC#CC(C)/C=C/C2=C(C)CCCC2(C)C)C(C)(C)C=CC1. The molecule has 2 atom stereocenters. The van der Waals surface area contributed by atoms with Crippen LogP contribution in [-0.4, -0.2) is 0 Å². The monoisotopic (exact) mass is 532 g/mol.